The molecule has 2 N–H and O–H groups in total. The molecule has 0 aliphatic carbocycles. The summed E-state index contributed by atoms with van der Waals surface area (Å²) in [6.45, 7) is 6.66. The Hall–Kier alpha value is -0.810. The van der Waals surface area contributed by atoms with Crippen molar-refractivity contribution >= 4 is 24.2 Å². The topological polar surface area (TPSA) is 61.4 Å². The zero-order valence-electron chi connectivity index (χ0n) is 9.78. The maximum absolute atomic E-state index is 11.7. The van der Waals surface area contributed by atoms with Gasteiger partial charge in [-0.15, -0.1) is 12.4 Å². The number of rotatable bonds is 4. The fourth-order valence-electron chi connectivity index (χ4n) is 1.69. The Kier molecular flexibility index (Phi) is 7.08. The predicted molar refractivity (Wildman–Crippen MR) is 64.6 cm³/mol. The van der Waals surface area contributed by atoms with Gasteiger partial charge in [0.1, 0.15) is 0 Å². The molecule has 16 heavy (non-hydrogen) atoms. The molecule has 2 amide bonds. The van der Waals surface area contributed by atoms with Gasteiger partial charge in [0.15, 0.2) is 0 Å². The van der Waals surface area contributed by atoms with Crippen molar-refractivity contribution in [1.29, 1.82) is 0 Å². The molecule has 0 bridgehead atoms. The van der Waals surface area contributed by atoms with E-state index >= 15 is 0 Å². The molecule has 1 aliphatic heterocycles. The van der Waals surface area contributed by atoms with Gasteiger partial charge < -0.3 is 15.5 Å². The average Bonchev–Trinajstić information content (AvgIpc) is 2.23. The molecule has 0 aromatic carbocycles. The third-order valence-electron chi connectivity index (χ3n) is 2.63. The summed E-state index contributed by atoms with van der Waals surface area (Å²) in [6.07, 6.45) is 0.257. The zero-order valence-corrected chi connectivity index (χ0v) is 10.6. The molecule has 0 radical (unpaired) electrons. The fraction of sp³-hybridized carbons (Fsp3) is 0.800. The lowest BCUT2D eigenvalue weighted by molar-refractivity contribution is -0.135. The Morgan fingerprint density at radius 1 is 1.38 bits per heavy atom. The number of piperazine rings is 1. The molecule has 5 nitrogen and oxygen atoms in total. The van der Waals surface area contributed by atoms with Gasteiger partial charge in [0, 0.05) is 26.2 Å². The van der Waals surface area contributed by atoms with Crippen LogP contribution in [0, 0.1) is 0 Å². The number of carbonyl (C=O) groups is 2. The molecular formula is C10H20ClN3O2. The molecule has 1 fully saturated rings. The van der Waals surface area contributed by atoms with E-state index in [0.717, 1.165) is 6.54 Å². The third-order valence-corrected chi connectivity index (χ3v) is 2.63. The molecule has 0 aromatic heterocycles. The van der Waals surface area contributed by atoms with E-state index < -0.39 is 0 Å². The summed E-state index contributed by atoms with van der Waals surface area (Å²) < 4.78 is 0. The Morgan fingerprint density at radius 3 is 2.50 bits per heavy atom. The SMILES string of the molecule is CCN(CC)C(=O)CC1NCCNC1=O.Cl. The van der Waals surface area contributed by atoms with Gasteiger partial charge in [-0.3, -0.25) is 9.59 Å². The number of hydrogen-bond donors (Lipinski definition) is 2. The minimum atomic E-state index is -0.355. The van der Waals surface area contributed by atoms with Crippen LogP contribution in [0.5, 0.6) is 0 Å². The van der Waals surface area contributed by atoms with Gasteiger partial charge in [0.25, 0.3) is 0 Å². The van der Waals surface area contributed by atoms with Gasteiger partial charge in [-0.25, -0.2) is 0 Å². The molecule has 94 valence electrons. The van der Waals surface area contributed by atoms with Crippen LogP contribution >= 0.6 is 12.4 Å². The number of hydrogen-bond acceptors (Lipinski definition) is 3. The third kappa shape index (κ3) is 3.98. The number of carbonyl (C=O) groups excluding carboxylic acids is 2. The summed E-state index contributed by atoms with van der Waals surface area (Å²) >= 11 is 0. The maximum atomic E-state index is 11.7. The second kappa shape index (κ2) is 7.46. The van der Waals surface area contributed by atoms with Crippen LogP contribution in [0.25, 0.3) is 0 Å². The van der Waals surface area contributed by atoms with E-state index in [4.69, 9.17) is 0 Å². The summed E-state index contributed by atoms with van der Waals surface area (Å²) in [7, 11) is 0. The van der Waals surface area contributed by atoms with Crippen LogP contribution in [0.2, 0.25) is 0 Å². The molecule has 0 aromatic rings. The van der Waals surface area contributed by atoms with E-state index in [0.29, 0.717) is 19.6 Å². The molecule has 1 heterocycles. The van der Waals surface area contributed by atoms with Gasteiger partial charge in [-0.1, -0.05) is 0 Å². The first-order valence-corrected chi connectivity index (χ1v) is 5.47. The quantitative estimate of drug-likeness (QED) is 0.723. The van der Waals surface area contributed by atoms with E-state index in [1.165, 1.54) is 0 Å². The minimum Gasteiger partial charge on any atom is -0.353 e. The first-order valence-electron chi connectivity index (χ1n) is 5.47. The highest BCUT2D eigenvalue weighted by Crippen LogP contribution is 2.01. The summed E-state index contributed by atoms with van der Waals surface area (Å²) in [5, 5.41) is 5.78. The predicted octanol–water partition coefficient (Wildman–Crippen LogP) is -0.245. The average molecular weight is 250 g/mol. The van der Waals surface area contributed by atoms with Crippen LogP contribution in [0.3, 0.4) is 0 Å². The molecule has 1 rings (SSSR count). The van der Waals surface area contributed by atoms with Crippen LogP contribution in [0.1, 0.15) is 20.3 Å². The Morgan fingerprint density at radius 2 is 2.00 bits per heavy atom. The molecule has 1 aliphatic rings. The molecule has 6 heteroatoms. The van der Waals surface area contributed by atoms with E-state index in [9.17, 15) is 9.59 Å². The maximum Gasteiger partial charge on any atom is 0.237 e. The summed E-state index contributed by atoms with van der Waals surface area (Å²) in [6, 6.07) is -0.355. The Balaban J connectivity index is 0.00000225. The molecule has 0 spiro atoms. The van der Waals surface area contributed by atoms with E-state index in [1.54, 1.807) is 4.90 Å². The van der Waals surface area contributed by atoms with Crippen molar-refractivity contribution < 1.29 is 9.59 Å². The van der Waals surface area contributed by atoms with Crippen LogP contribution < -0.4 is 10.6 Å². The molecule has 1 atom stereocenters. The van der Waals surface area contributed by atoms with Crippen molar-refractivity contribution in [3.8, 4) is 0 Å². The van der Waals surface area contributed by atoms with Crippen LogP contribution in [-0.4, -0.2) is 48.9 Å². The van der Waals surface area contributed by atoms with E-state index in [1.807, 2.05) is 13.8 Å². The van der Waals surface area contributed by atoms with Gasteiger partial charge in [-0.2, -0.15) is 0 Å². The first-order chi connectivity index (χ1) is 7.19. The highest BCUT2D eigenvalue weighted by molar-refractivity contribution is 5.88. The highest BCUT2D eigenvalue weighted by atomic mass is 35.5. The summed E-state index contributed by atoms with van der Waals surface area (Å²) in [5.74, 6) is -0.0312. The van der Waals surface area contributed by atoms with Gasteiger partial charge in [0.2, 0.25) is 11.8 Å². The van der Waals surface area contributed by atoms with Crippen LogP contribution in [0.4, 0.5) is 0 Å². The molecule has 0 saturated carbocycles. The number of halogens is 1. The number of nitrogens with zero attached hydrogens (tertiary/aromatic N) is 1. The fourth-order valence-corrected chi connectivity index (χ4v) is 1.69. The molecule has 1 unspecified atom stereocenters. The van der Waals surface area contributed by atoms with Crippen molar-refractivity contribution in [3.63, 3.8) is 0 Å². The van der Waals surface area contributed by atoms with Gasteiger partial charge >= 0.3 is 0 Å². The van der Waals surface area contributed by atoms with Crippen molar-refractivity contribution in [1.82, 2.24) is 15.5 Å². The van der Waals surface area contributed by atoms with Crippen molar-refractivity contribution in [2.45, 2.75) is 26.3 Å². The lowest BCUT2D eigenvalue weighted by Gasteiger charge is -2.26. The number of amides is 2. The van der Waals surface area contributed by atoms with E-state index in [2.05, 4.69) is 10.6 Å². The standard InChI is InChI=1S/C10H19N3O2.ClH/c1-3-13(4-2)9(14)7-8-10(15)12-6-5-11-8;/h8,11H,3-7H2,1-2H3,(H,12,15);1H. The zero-order chi connectivity index (χ0) is 11.3. The summed E-state index contributed by atoms with van der Waals surface area (Å²) in [4.78, 5) is 24.8. The molecule has 1 saturated heterocycles. The van der Waals surface area contributed by atoms with E-state index in [-0.39, 0.29) is 36.7 Å². The Labute approximate surface area is 102 Å². The monoisotopic (exact) mass is 249 g/mol. The minimum absolute atomic E-state index is 0. The summed E-state index contributed by atoms with van der Waals surface area (Å²) in [5.41, 5.74) is 0. The second-order valence-corrected chi connectivity index (χ2v) is 3.57. The van der Waals surface area contributed by atoms with Crippen LogP contribution in [0.15, 0.2) is 0 Å². The lowest BCUT2D eigenvalue weighted by Crippen LogP contribution is -2.54. The lowest BCUT2D eigenvalue weighted by atomic mass is 10.1. The first kappa shape index (κ1) is 15.2. The van der Waals surface area contributed by atoms with Crippen molar-refractivity contribution in [2.24, 2.45) is 0 Å². The highest BCUT2D eigenvalue weighted by Gasteiger charge is 2.25. The van der Waals surface area contributed by atoms with Crippen molar-refractivity contribution in [3.05, 3.63) is 0 Å². The van der Waals surface area contributed by atoms with Gasteiger partial charge in [0.05, 0.1) is 12.5 Å². The Bertz CT molecular complexity index is 244. The largest absolute Gasteiger partial charge is 0.353 e. The van der Waals surface area contributed by atoms with Gasteiger partial charge in [-0.05, 0) is 13.8 Å². The van der Waals surface area contributed by atoms with Crippen LogP contribution in [-0.2, 0) is 9.59 Å². The molecular weight excluding hydrogens is 230 g/mol. The van der Waals surface area contributed by atoms with Crippen molar-refractivity contribution in [2.75, 3.05) is 26.2 Å². The second-order valence-electron chi connectivity index (χ2n) is 3.57. The number of nitrogens with one attached hydrogen (secondary N) is 2. The normalized spacial score (nSPS) is 19.6. The smallest absolute Gasteiger partial charge is 0.237 e.